The summed E-state index contributed by atoms with van der Waals surface area (Å²) in [6, 6.07) is 0. The van der Waals surface area contributed by atoms with E-state index in [4.69, 9.17) is 13.6 Å². The minimum Gasteiger partial charge on any atom is -0.516 e. The molecule has 0 spiro atoms. The Balaban J connectivity index is 3.32. The molecule has 0 heterocycles. The molecule has 1 aliphatic rings. The van der Waals surface area contributed by atoms with Gasteiger partial charge in [-0.3, -0.25) is 4.79 Å². The second-order valence-electron chi connectivity index (χ2n) is 11.1. The highest BCUT2D eigenvalue weighted by molar-refractivity contribution is 6.74. The molecule has 0 saturated heterocycles. The number of aliphatic hydroxyl groups is 1. The van der Waals surface area contributed by atoms with Crippen LogP contribution in [0.2, 0.25) is 36.3 Å². The zero-order valence-electron chi connectivity index (χ0n) is 19.8. The maximum atomic E-state index is 12.8. The van der Waals surface area contributed by atoms with E-state index in [1.54, 1.807) is 0 Å². The van der Waals surface area contributed by atoms with Crippen LogP contribution in [0.4, 0.5) is 0 Å². The van der Waals surface area contributed by atoms with Crippen molar-refractivity contribution in [1.29, 1.82) is 0 Å². The second-order valence-corrected chi connectivity index (χ2v) is 20.6. The summed E-state index contributed by atoms with van der Waals surface area (Å²) in [5.41, 5.74) is 0.868. The lowest BCUT2D eigenvalue weighted by Gasteiger charge is -2.47. The summed E-state index contributed by atoms with van der Waals surface area (Å²) in [6.07, 6.45) is 1.52. The first-order valence-electron chi connectivity index (χ1n) is 10.2. The fourth-order valence-corrected chi connectivity index (χ4v) is 5.66. The van der Waals surface area contributed by atoms with Gasteiger partial charge in [-0.05, 0) is 54.7 Å². The van der Waals surface area contributed by atoms with Crippen molar-refractivity contribution in [3.63, 3.8) is 0 Å². The molecular weight excluding hydrogens is 388 g/mol. The number of rotatable bonds is 5. The summed E-state index contributed by atoms with van der Waals surface area (Å²) in [5.74, 6) is -0.777. The highest BCUT2D eigenvalue weighted by Gasteiger charge is 2.50. The zero-order chi connectivity index (χ0) is 22.1. The summed E-state index contributed by atoms with van der Waals surface area (Å²) >= 11 is 0. The Morgan fingerprint density at radius 2 is 1.29 bits per heavy atom. The van der Waals surface area contributed by atoms with Crippen LogP contribution in [-0.2, 0) is 18.4 Å². The van der Waals surface area contributed by atoms with Crippen LogP contribution in [0.5, 0.6) is 0 Å². The van der Waals surface area contributed by atoms with E-state index in [1.807, 2.05) is 0 Å². The van der Waals surface area contributed by atoms with Crippen LogP contribution in [0, 0.1) is 5.92 Å². The standard InChI is InChI=1S/C21H42O5Si2/c1-20(2,3)27(8,9)25-16-12-15(14-22)13-17(18(16)19(23)24-7)26-28(10,11)21(4,5)6/h14,16-18,22H,12-13H2,1-11H3/t16-,17-,18?/m1/s1. The van der Waals surface area contributed by atoms with Gasteiger partial charge in [0.15, 0.2) is 16.6 Å². The Morgan fingerprint density at radius 3 is 1.54 bits per heavy atom. The summed E-state index contributed by atoms with van der Waals surface area (Å²) in [5, 5.41) is 9.79. The smallest absolute Gasteiger partial charge is 0.313 e. The van der Waals surface area contributed by atoms with Crippen molar-refractivity contribution < 1.29 is 23.5 Å². The van der Waals surface area contributed by atoms with Gasteiger partial charge in [0, 0.05) is 0 Å². The van der Waals surface area contributed by atoms with E-state index in [0.717, 1.165) is 11.8 Å². The monoisotopic (exact) mass is 430 g/mol. The fraction of sp³-hybridized carbons (Fsp3) is 0.857. The maximum absolute atomic E-state index is 12.8. The average molecular weight is 431 g/mol. The lowest BCUT2D eigenvalue weighted by atomic mass is 9.81. The van der Waals surface area contributed by atoms with E-state index in [-0.39, 0.29) is 28.3 Å². The molecule has 2 atom stereocenters. The molecule has 0 amide bonds. The molecule has 5 nitrogen and oxygen atoms in total. The van der Waals surface area contributed by atoms with Gasteiger partial charge < -0.3 is 18.7 Å². The first-order valence-corrected chi connectivity index (χ1v) is 16.0. The van der Waals surface area contributed by atoms with Gasteiger partial charge in [-0.25, -0.2) is 0 Å². The van der Waals surface area contributed by atoms with E-state index < -0.39 is 22.6 Å². The van der Waals surface area contributed by atoms with Gasteiger partial charge >= 0.3 is 5.97 Å². The molecule has 0 unspecified atom stereocenters. The third-order valence-electron chi connectivity index (χ3n) is 6.89. The first-order chi connectivity index (χ1) is 12.5. The van der Waals surface area contributed by atoms with E-state index in [0.29, 0.717) is 12.8 Å². The number of carbonyl (C=O) groups is 1. The van der Waals surface area contributed by atoms with Gasteiger partial charge in [-0.1, -0.05) is 41.5 Å². The molecule has 1 fully saturated rings. The number of ether oxygens (including phenoxy) is 1. The van der Waals surface area contributed by atoms with Crippen molar-refractivity contribution in [3.8, 4) is 0 Å². The molecule has 0 aliphatic heterocycles. The van der Waals surface area contributed by atoms with Crippen LogP contribution in [-0.4, -0.2) is 47.0 Å². The largest absolute Gasteiger partial charge is 0.516 e. The number of aliphatic hydroxyl groups excluding tert-OH is 1. The van der Waals surface area contributed by atoms with Crippen LogP contribution in [0.1, 0.15) is 54.4 Å². The highest BCUT2D eigenvalue weighted by Crippen LogP contribution is 2.44. The van der Waals surface area contributed by atoms with Gasteiger partial charge in [0.05, 0.1) is 25.6 Å². The lowest BCUT2D eigenvalue weighted by Crippen LogP contribution is -2.55. The predicted molar refractivity (Wildman–Crippen MR) is 120 cm³/mol. The van der Waals surface area contributed by atoms with Gasteiger partial charge in [0.1, 0.15) is 5.92 Å². The molecule has 164 valence electrons. The van der Waals surface area contributed by atoms with Crippen molar-refractivity contribution in [3.05, 3.63) is 11.8 Å². The molecule has 0 aromatic carbocycles. The topological polar surface area (TPSA) is 65.0 Å². The summed E-state index contributed by atoms with van der Waals surface area (Å²) in [7, 11) is -2.82. The Morgan fingerprint density at radius 1 is 0.929 bits per heavy atom. The minimum atomic E-state index is -2.12. The third kappa shape index (κ3) is 5.71. The van der Waals surface area contributed by atoms with E-state index in [2.05, 4.69) is 67.7 Å². The van der Waals surface area contributed by atoms with Crippen LogP contribution < -0.4 is 0 Å². The molecule has 0 aromatic rings. The number of methoxy groups -OCH3 is 1. The maximum Gasteiger partial charge on any atom is 0.313 e. The molecule has 1 N–H and O–H groups in total. The molecular formula is C21H42O5Si2. The third-order valence-corrected chi connectivity index (χ3v) is 15.9. The number of carbonyl (C=O) groups excluding carboxylic acids is 1. The van der Waals surface area contributed by atoms with Gasteiger partial charge in [-0.2, -0.15) is 0 Å². The summed E-state index contributed by atoms with van der Waals surface area (Å²) in [6.45, 7) is 21.8. The quantitative estimate of drug-likeness (QED) is 0.339. The molecule has 0 radical (unpaired) electrons. The zero-order valence-corrected chi connectivity index (χ0v) is 21.8. The normalized spacial score (nSPS) is 24.8. The predicted octanol–water partition coefficient (Wildman–Crippen LogP) is 5.79. The van der Waals surface area contributed by atoms with E-state index in [9.17, 15) is 9.90 Å². The van der Waals surface area contributed by atoms with Crippen LogP contribution >= 0.6 is 0 Å². The Hall–Kier alpha value is -0.636. The minimum absolute atomic E-state index is 0.0179. The lowest BCUT2D eigenvalue weighted by molar-refractivity contribution is -0.155. The van der Waals surface area contributed by atoms with Crippen molar-refractivity contribution >= 4 is 22.6 Å². The summed E-state index contributed by atoms with van der Waals surface area (Å²) < 4.78 is 18.5. The summed E-state index contributed by atoms with van der Waals surface area (Å²) in [4.78, 5) is 12.8. The van der Waals surface area contributed by atoms with Crippen molar-refractivity contribution in [1.82, 2.24) is 0 Å². The van der Waals surface area contributed by atoms with Gasteiger partial charge in [-0.15, -0.1) is 0 Å². The molecule has 1 aliphatic carbocycles. The van der Waals surface area contributed by atoms with Gasteiger partial charge in [0.2, 0.25) is 0 Å². The van der Waals surface area contributed by atoms with Crippen molar-refractivity contribution in [2.24, 2.45) is 5.92 Å². The Bertz CT molecular complexity index is 545. The average Bonchev–Trinajstić information content (AvgIpc) is 2.50. The molecule has 28 heavy (non-hydrogen) atoms. The van der Waals surface area contributed by atoms with Crippen molar-refractivity contribution in [2.75, 3.05) is 7.11 Å². The molecule has 1 rings (SSSR count). The fourth-order valence-electron chi connectivity index (χ4n) is 2.98. The van der Waals surface area contributed by atoms with Crippen LogP contribution in [0.15, 0.2) is 11.8 Å². The number of esters is 1. The van der Waals surface area contributed by atoms with E-state index in [1.165, 1.54) is 7.11 Å². The Labute approximate surface area is 174 Å². The highest BCUT2D eigenvalue weighted by atomic mass is 28.4. The van der Waals surface area contributed by atoms with Crippen LogP contribution in [0.3, 0.4) is 0 Å². The molecule has 0 aromatic heterocycles. The first kappa shape index (κ1) is 25.4. The van der Waals surface area contributed by atoms with Gasteiger partial charge in [0.25, 0.3) is 0 Å². The molecule has 1 saturated carbocycles. The SMILES string of the molecule is COC(=O)C1[C@H](O[Si](C)(C)C(C)(C)C)CC(=CO)C[C@H]1O[Si](C)(C)C(C)(C)C. The number of hydrogen-bond donors (Lipinski definition) is 1. The second kappa shape index (κ2) is 8.62. The van der Waals surface area contributed by atoms with Crippen LogP contribution in [0.25, 0.3) is 0 Å². The number of hydrogen-bond acceptors (Lipinski definition) is 5. The van der Waals surface area contributed by atoms with E-state index >= 15 is 0 Å². The molecule has 0 bridgehead atoms. The van der Waals surface area contributed by atoms with Crippen molar-refractivity contribution in [2.45, 2.75) is 103 Å². The molecule has 7 heteroatoms. The Kier molecular flexibility index (Phi) is 7.82.